The van der Waals surface area contributed by atoms with E-state index in [-0.39, 0.29) is 17.7 Å². The van der Waals surface area contributed by atoms with Gasteiger partial charge in [0.15, 0.2) is 6.29 Å². The maximum absolute atomic E-state index is 12.1. The Kier molecular flexibility index (Phi) is 8.48. The van der Waals surface area contributed by atoms with E-state index in [1.807, 2.05) is 42.5 Å². The van der Waals surface area contributed by atoms with Gasteiger partial charge in [0.2, 0.25) is 0 Å². The predicted octanol–water partition coefficient (Wildman–Crippen LogP) is 7.90. The first-order valence-corrected chi connectivity index (χ1v) is 13.5. The van der Waals surface area contributed by atoms with Gasteiger partial charge in [-0.1, -0.05) is 50.3 Å². The molecule has 1 aromatic heterocycles. The second-order valence-electron chi connectivity index (χ2n) is 9.99. The Bertz CT molecular complexity index is 1310. The van der Waals surface area contributed by atoms with Gasteiger partial charge in [-0.05, 0) is 89.4 Å². The summed E-state index contributed by atoms with van der Waals surface area (Å²) in [6, 6.07) is 18.7. The van der Waals surface area contributed by atoms with Crippen LogP contribution in [0.2, 0.25) is 0 Å². The first-order chi connectivity index (χ1) is 17.7. The highest BCUT2D eigenvalue weighted by molar-refractivity contribution is 7.13. The molecule has 194 valence electrons. The van der Waals surface area contributed by atoms with Crippen molar-refractivity contribution in [2.24, 2.45) is 0 Å². The fourth-order valence-electron chi connectivity index (χ4n) is 4.79. The molecule has 4 rings (SSSR count). The molecule has 0 atom stereocenters. The maximum Gasteiger partial charge on any atom is 0.338 e. The first kappa shape index (κ1) is 27.1. The smallest absolute Gasteiger partial charge is 0.338 e. The van der Waals surface area contributed by atoms with E-state index >= 15 is 0 Å². The van der Waals surface area contributed by atoms with Crippen LogP contribution in [0.4, 0.5) is 0 Å². The van der Waals surface area contributed by atoms with Crippen molar-refractivity contribution in [2.75, 3.05) is 20.8 Å². The monoisotopic (exact) mass is 516 g/mol. The van der Waals surface area contributed by atoms with E-state index in [1.165, 1.54) is 26.5 Å². The molecular weight excluding hydrogens is 480 g/mol. The van der Waals surface area contributed by atoms with Crippen molar-refractivity contribution in [3.63, 3.8) is 0 Å². The molecule has 0 N–H and O–H groups in total. The molecule has 0 unspecified atom stereocenters. The first-order valence-electron chi connectivity index (χ1n) is 12.7. The highest BCUT2D eigenvalue weighted by Gasteiger charge is 2.29. The lowest BCUT2D eigenvalue weighted by Gasteiger charge is -2.32. The van der Waals surface area contributed by atoms with Gasteiger partial charge in [0, 0.05) is 30.4 Å². The second kappa shape index (κ2) is 11.6. The van der Waals surface area contributed by atoms with Crippen molar-refractivity contribution in [1.29, 1.82) is 0 Å². The van der Waals surface area contributed by atoms with Crippen LogP contribution in [0, 0.1) is 6.92 Å². The number of thiophene rings is 1. The zero-order valence-electron chi connectivity index (χ0n) is 22.6. The van der Waals surface area contributed by atoms with Gasteiger partial charge in [0.25, 0.3) is 0 Å². The molecular formula is C32H36O4S. The van der Waals surface area contributed by atoms with Gasteiger partial charge in [-0.3, -0.25) is 0 Å². The molecule has 0 spiro atoms. The second-order valence-corrected chi connectivity index (χ2v) is 11.3. The SMILES string of the molecule is CCOC(=O)c1ccc(/C(=C\c2ccc3c(c2)C(c2ccc(C)s2)=CCC3(C)C)CC(OC)OC)cc1. The average molecular weight is 517 g/mol. The third-order valence-electron chi connectivity index (χ3n) is 6.91. The van der Waals surface area contributed by atoms with Crippen LogP contribution < -0.4 is 0 Å². The molecule has 5 heteroatoms. The number of hydrogen-bond acceptors (Lipinski definition) is 5. The van der Waals surface area contributed by atoms with E-state index < -0.39 is 0 Å². The molecule has 1 aliphatic rings. The molecule has 0 radical (unpaired) electrons. The Morgan fingerprint density at radius 2 is 1.73 bits per heavy atom. The van der Waals surface area contributed by atoms with E-state index in [0.29, 0.717) is 18.6 Å². The van der Waals surface area contributed by atoms with Gasteiger partial charge in [-0.25, -0.2) is 4.79 Å². The van der Waals surface area contributed by atoms with Crippen molar-refractivity contribution >= 4 is 34.5 Å². The van der Waals surface area contributed by atoms with Crippen molar-refractivity contribution < 1.29 is 19.0 Å². The van der Waals surface area contributed by atoms with E-state index in [0.717, 1.165) is 23.1 Å². The summed E-state index contributed by atoms with van der Waals surface area (Å²) in [7, 11) is 3.30. The Labute approximate surface area is 224 Å². The number of fused-ring (bicyclic) bond motifs is 1. The summed E-state index contributed by atoms with van der Waals surface area (Å²) in [6.45, 7) is 8.94. The Balaban J connectivity index is 1.77. The minimum absolute atomic E-state index is 0.0797. The van der Waals surface area contributed by atoms with Crippen LogP contribution in [0.1, 0.15) is 76.0 Å². The number of carbonyl (C=O) groups excluding carboxylic acids is 1. The van der Waals surface area contributed by atoms with Gasteiger partial charge in [0.05, 0.1) is 12.2 Å². The quantitative estimate of drug-likeness (QED) is 0.165. The predicted molar refractivity (Wildman–Crippen MR) is 153 cm³/mol. The van der Waals surface area contributed by atoms with Gasteiger partial charge in [-0.15, -0.1) is 11.3 Å². The lowest BCUT2D eigenvalue weighted by atomic mass is 9.72. The summed E-state index contributed by atoms with van der Waals surface area (Å²) >= 11 is 1.84. The zero-order chi connectivity index (χ0) is 26.6. The number of rotatable bonds is 9. The van der Waals surface area contributed by atoms with Crippen LogP contribution in [-0.2, 0) is 19.6 Å². The highest BCUT2D eigenvalue weighted by Crippen LogP contribution is 2.43. The molecule has 1 heterocycles. The van der Waals surface area contributed by atoms with Gasteiger partial charge in [-0.2, -0.15) is 0 Å². The molecule has 1 aliphatic carbocycles. The van der Waals surface area contributed by atoms with Crippen molar-refractivity contribution in [2.45, 2.75) is 52.2 Å². The largest absolute Gasteiger partial charge is 0.462 e. The molecule has 0 bridgehead atoms. The lowest BCUT2D eigenvalue weighted by Crippen LogP contribution is -2.21. The number of carbonyl (C=O) groups is 1. The van der Waals surface area contributed by atoms with Crippen LogP contribution in [-0.4, -0.2) is 33.1 Å². The third kappa shape index (κ3) is 6.12. The van der Waals surface area contributed by atoms with Crippen LogP contribution in [0.3, 0.4) is 0 Å². The van der Waals surface area contributed by atoms with E-state index in [4.69, 9.17) is 14.2 Å². The molecule has 0 fully saturated rings. The van der Waals surface area contributed by atoms with Gasteiger partial charge in [0.1, 0.15) is 0 Å². The number of ether oxygens (including phenoxy) is 3. The number of aryl methyl sites for hydroxylation is 1. The van der Waals surface area contributed by atoms with Gasteiger partial charge >= 0.3 is 5.97 Å². The van der Waals surface area contributed by atoms with Crippen molar-refractivity contribution in [3.05, 3.63) is 98.2 Å². The summed E-state index contributed by atoms with van der Waals surface area (Å²) in [5, 5.41) is 0. The molecule has 0 saturated heterocycles. The van der Waals surface area contributed by atoms with Crippen LogP contribution >= 0.6 is 11.3 Å². The Morgan fingerprint density at radius 1 is 1.03 bits per heavy atom. The lowest BCUT2D eigenvalue weighted by molar-refractivity contribution is -0.0970. The topological polar surface area (TPSA) is 44.8 Å². The fraction of sp³-hybridized carbons (Fsp3) is 0.344. The molecule has 2 aromatic carbocycles. The Hall–Kier alpha value is -2.99. The summed E-state index contributed by atoms with van der Waals surface area (Å²) in [4.78, 5) is 14.8. The molecule has 0 saturated carbocycles. The van der Waals surface area contributed by atoms with E-state index in [1.54, 1.807) is 14.2 Å². The van der Waals surface area contributed by atoms with Crippen LogP contribution in [0.15, 0.2) is 60.7 Å². The van der Waals surface area contributed by atoms with Crippen LogP contribution in [0.25, 0.3) is 17.2 Å². The molecule has 37 heavy (non-hydrogen) atoms. The zero-order valence-corrected chi connectivity index (χ0v) is 23.4. The standard InChI is InChI=1S/C32H36O4S/c1-7-36-31(33)24-12-10-23(11-13-24)25(20-30(34-5)35-6)18-22-9-14-28-27(19-22)26(16-17-32(28,3)4)29-15-8-21(2)37-29/h8-16,18-19,30H,7,17,20H2,1-6H3/b25-18-. The third-order valence-corrected chi connectivity index (χ3v) is 7.94. The maximum atomic E-state index is 12.1. The van der Waals surface area contributed by atoms with E-state index in [2.05, 4.69) is 63.3 Å². The molecule has 0 amide bonds. The molecule has 4 nitrogen and oxygen atoms in total. The highest BCUT2D eigenvalue weighted by atomic mass is 32.1. The van der Waals surface area contributed by atoms with Gasteiger partial charge < -0.3 is 14.2 Å². The number of methoxy groups -OCH3 is 2. The summed E-state index contributed by atoms with van der Waals surface area (Å²) < 4.78 is 16.2. The normalized spacial score (nSPS) is 14.9. The van der Waals surface area contributed by atoms with Crippen LogP contribution in [0.5, 0.6) is 0 Å². The van der Waals surface area contributed by atoms with Crippen molar-refractivity contribution in [1.82, 2.24) is 0 Å². The minimum atomic E-state index is -0.378. The molecule has 0 aliphatic heterocycles. The summed E-state index contributed by atoms with van der Waals surface area (Å²) in [6.07, 6.45) is 5.80. The Morgan fingerprint density at radius 3 is 2.35 bits per heavy atom. The fourth-order valence-corrected chi connectivity index (χ4v) is 5.72. The average Bonchev–Trinajstić information content (AvgIpc) is 3.32. The summed E-state index contributed by atoms with van der Waals surface area (Å²) in [5.74, 6) is -0.313. The molecule has 3 aromatic rings. The van der Waals surface area contributed by atoms with E-state index in [9.17, 15) is 4.79 Å². The number of benzene rings is 2. The van der Waals surface area contributed by atoms with Crippen molar-refractivity contribution in [3.8, 4) is 0 Å². The summed E-state index contributed by atoms with van der Waals surface area (Å²) in [5.41, 5.74) is 7.79. The number of esters is 1. The minimum Gasteiger partial charge on any atom is -0.462 e. The number of hydrogen-bond donors (Lipinski definition) is 0. The number of allylic oxidation sites excluding steroid dienone is 1.